The van der Waals surface area contributed by atoms with Gasteiger partial charge in [0.1, 0.15) is 5.82 Å². The van der Waals surface area contributed by atoms with E-state index >= 15 is 0 Å². The monoisotopic (exact) mass is 514 g/mol. The number of guanidine groups is 1. The van der Waals surface area contributed by atoms with Gasteiger partial charge in [-0.15, -0.1) is 16.9 Å². The van der Waals surface area contributed by atoms with Gasteiger partial charge in [-0.2, -0.15) is 9.61 Å². The van der Waals surface area contributed by atoms with Gasteiger partial charge in [0.05, 0.1) is 22.5 Å². The number of pyridine rings is 1. The lowest BCUT2D eigenvalue weighted by Gasteiger charge is -2.40. The van der Waals surface area contributed by atoms with Gasteiger partial charge in [-0.1, -0.05) is 36.4 Å². The normalized spacial score (nSPS) is 21.5. The number of rotatable bonds is 4. The Morgan fingerprint density at radius 1 is 1.05 bits per heavy atom. The number of hydrazine groups is 1. The second kappa shape index (κ2) is 9.56. The number of nitrogens with one attached hydrogen (secondary N) is 1. The summed E-state index contributed by atoms with van der Waals surface area (Å²) < 4.78 is 1.75. The number of aromatic nitrogens is 4. The molecule has 4 aromatic rings. The van der Waals surface area contributed by atoms with Crippen molar-refractivity contribution in [1.82, 2.24) is 29.9 Å². The molecular weight excluding hydrogens is 484 g/mol. The summed E-state index contributed by atoms with van der Waals surface area (Å²) in [6.07, 6.45) is 9.77. The summed E-state index contributed by atoms with van der Waals surface area (Å²) in [5.74, 6) is 12.7. The SMILES string of the molecule is CSc1c(C2CC3CCC(C2)N3/C(=N/N)NN)nc2c(-c3ccc(-c4ccccc4)nc3)cnn2c1N. The van der Waals surface area contributed by atoms with E-state index in [-0.39, 0.29) is 5.92 Å². The van der Waals surface area contributed by atoms with Crippen molar-refractivity contribution in [3.05, 3.63) is 60.6 Å². The molecule has 5 heterocycles. The van der Waals surface area contributed by atoms with E-state index in [1.165, 1.54) is 0 Å². The van der Waals surface area contributed by atoms with Crippen LogP contribution in [0.25, 0.3) is 28.0 Å². The lowest BCUT2D eigenvalue weighted by molar-refractivity contribution is 0.205. The van der Waals surface area contributed by atoms with Crippen molar-refractivity contribution >= 4 is 29.2 Å². The third-order valence-corrected chi connectivity index (χ3v) is 8.45. The predicted molar refractivity (Wildman–Crippen MR) is 147 cm³/mol. The van der Waals surface area contributed by atoms with E-state index in [1.54, 1.807) is 16.3 Å². The van der Waals surface area contributed by atoms with Gasteiger partial charge in [-0.05, 0) is 38.0 Å². The van der Waals surface area contributed by atoms with Crippen LogP contribution in [-0.4, -0.2) is 48.8 Å². The summed E-state index contributed by atoms with van der Waals surface area (Å²) in [7, 11) is 0. The number of benzene rings is 1. The minimum Gasteiger partial charge on any atom is -0.383 e. The molecule has 2 atom stereocenters. The fourth-order valence-corrected chi connectivity index (χ4v) is 6.68. The molecule has 1 aromatic carbocycles. The Balaban J connectivity index is 1.38. The molecule has 37 heavy (non-hydrogen) atoms. The standard InChI is InChI=1S/C26H30N10S/c1-37-23-22(17-11-18-8-9-19(12-17)35(18)26(33-28)34-29)32-25-20(14-31-36(25)24(23)27)16-7-10-21(30-13-16)15-5-3-2-4-6-15/h2-7,10,13-14,17-19H,8-9,11-12,27-29H2,1H3,(H,33,34). The number of hydrogen-bond acceptors (Lipinski definition) is 8. The molecular formula is C26H30N10S. The number of hydrazone groups is 1. The molecule has 2 bridgehead atoms. The van der Waals surface area contributed by atoms with Gasteiger partial charge in [0, 0.05) is 40.9 Å². The van der Waals surface area contributed by atoms with E-state index in [2.05, 4.69) is 38.7 Å². The highest BCUT2D eigenvalue weighted by atomic mass is 32.2. The zero-order chi connectivity index (χ0) is 25.5. The molecule has 2 fully saturated rings. The topological polar surface area (TPSA) is 149 Å². The summed E-state index contributed by atoms with van der Waals surface area (Å²) in [6.45, 7) is 0. The molecule has 190 valence electrons. The van der Waals surface area contributed by atoms with Crippen molar-refractivity contribution in [2.45, 2.75) is 48.6 Å². The van der Waals surface area contributed by atoms with E-state index in [9.17, 15) is 0 Å². The zero-order valence-corrected chi connectivity index (χ0v) is 21.4. The first-order valence-electron chi connectivity index (χ1n) is 12.4. The fourth-order valence-electron chi connectivity index (χ4n) is 5.97. The second-order valence-corrected chi connectivity index (χ2v) is 10.4. The van der Waals surface area contributed by atoms with Crippen LogP contribution in [0.4, 0.5) is 5.82 Å². The van der Waals surface area contributed by atoms with E-state index in [0.29, 0.717) is 23.9 Å². The summed E-state index contributed by atoms with van der Waals surface area (Å²) >= 11 is 1.62. The molecule has 2 unspecified atom stereocenters. The molecule has 6 rings (SSSR count). The Hall–Kier alpha value is -3.83. The molecule has 0 spiro atoms. The Bertz CT molecular complexity index is 1440. The third kappa shape index (κ3) is 3.94. The number of thioether (sulfide) groups is 1. The number of nitrogens with two attached hydrogens (primary N) is 3. The highest BCUT2D eigenvalue weighted by Gasteiger charge is 2.44. The number of fused-ring (bicyclic) bond motifs is 3. The highest BCUT2D eigenvalue weighted by molar-refractivity contribution is 7.98. The van der Waals surface area contributed by atoms with Crippen molar-refractivity contribution in [3.63, 3.8) is 0 Å². The number of nitrogen functional groups attached to an aromatic ring is 1. The molecule has 0 aliphatic carbocycles. The molecule has 7 N–H and O–H groups in total. The second-order valence-electron chi connectivity index (χ2n) is 9.56. The number of anilines is 1. The molecule has 3 aromatic heterocycles. The van der Waals surface area contributed by atoms with Crippen LogP contribution < -0.4 is 22.8 Å². The van der Waals surface area contributed by atoms with Crippen molar-refractivity contribution in [3.8, 4) is 22.4 Å². The van der Waals surface area contributed by atoms with E-state index in [1.807, 2.05) is 42.9 Å². The molecule has 10 nitrogen and oxygen atoms in total. The highest BCUT2D eigenvalue weighted by Crippen LogP contribution is 2.46. The summed E-state index contributed by atoms with van der Waals surface area (Å²) in [5.41, 5.74) is 15.0. The predicted octanol–water partition coefficient (Wildman–Crippen LogP) is 3.17. The first-order valence-corrected chi connectivity index (χ1v) is 13.6. The molecule has 11 heteroatoms. The van der Waals surface area contributed by atoms with Crippen LogP contribution in [0.5, 0.6) is 0 Å². The average Bonchev–Trinajstić information content (AvgIpc) is 3.48. The smallest absolute Gasteiger partial charge is 0.230 e. The number of piperidine rings is 1. The minimum atomic E-state index is 0.265. The minimum absolute atomic E-state index is 0.265. The lowest BCUT2D eigenvalue weighted by Crippen LogP contribution is -2.53. The Kier molecular flexibility index (Phi) is 6.09. The zero-order valence-electron chi connectivity index (χ0n) is 20.6. The quantitative estimate of drug-likeness (QED) is 0.106. The Morgan fingerprint density at radius 3 is 2.43 bits per heavy atom. The van der Waals surface area contributed by atoms with E-state index in [4.69, 9.17) is 27.4 Å². The maximum absolute atomic E-state index is 6.68. The van der Waals surface area contributed by atoms with E-state index < -0.39 is 0 Å². The van der Waals surface area contributed by atoms with Gasteiger partial charge >= 0.3 is 0 Å². The van der Waals surface area contributed by atoms with Gasteiger partial charge < -0.3 is 16.5 Å². The maximum Gasteiger partial charge on any atom is 0.230 e. The van der Waals surface area contributed by atoms with Crippen molar-refractivity contribution in [2.75, 3.05) is 12.0 Å². The van der Waals surface area contributed by atoms with Gasteiger partial charge in [-0.25, -0.2) is 10.8 Å². The van der Waals surface area contributed by atoms with Crippen LogP contribution in [0.1, 0.15) is 37.3 Å². The molecule has 2 aliphatic heterocycles. The third-order valence-electron chi connectivity index (χ3n) is 7.63. The van der Waals surface area contributed by atoms with Gasteiger partial charge in [0.25, 0.3) is 0 Å². The maximum atomic E-state index is 6.68. The molecule has 2 saturated heterocycles. The Morgan fingerprint density at radius 2 is 1.81 bits per heavy atom. The van der Waals surface area contributed by atoms with Crippen LogP contribution in [0.3, 0.4) is 0 Å². The largest absolute Gasteiger partial charge is 0.383 e. The van der Waals surface area contributed by atoms with Crippen LogP contribution in [-0.2, 0) is 0 Å². The van der Waals surface area contributed by atoms with Crippen molar-refractivity contribution < 1.29 is 0 Å². The average molecular weight is 515 g/mol. The van der Waals surface area contributed by atoms with Crippen LogP contribution in [0.15, 0.2) is 64.9 Å². The molecule has 0 saturated carbocycles. The first kappa shape index (κ1) is 23.6. The van der Waals surface area contributed by atoms with Gasteiger partial charge in [0.2, 0.25) is 5.96 Å². The van der Waals surface area contributed by atoms with Crippen LogP contribution in [0, 0.1) is 0 Å². The van der Waals surface area contributed by atoms with Crippen LogP contribution >= 0.6 is 11.8 Å². The summed E-state index contributed by atoms with van der Waals surface area (Å²) in [6, 6.07) is 14.8. The molecule has 0 amide bonds. The van der Waals surface area contributed by atoms with E-state index in [0.717, 1.165) is 64.3 Å². The van der Waals surface area contributed by atoms with Gasteiger partial charge in [-0.3, -0.25) is 10.4 Å². The van der Waals surface area contributed by atoms with Crippen LogP contribution in [0.2, 0.25) is 0 Å². The van der Waals surface area contributed by atoms with Crippen molar-refractivity contribution in [1.29, 1.82) is 0 Å². The summed E-state index contributed by atoms with van der Waals surface area (Å²) in [4.78, 5) is 13.1. The lowest BCUT2D eigenvalue weighted by atomic mass is 9.88. The number of nitrogens with zero attached hydrogens (tertiary/aromatic N) is 6. The first-order chi connectivity index (χ1) is 18.1. The molecule has 0 radical (unpaired) electrons. The molecule has 2 aliphatic rings. The number of hydrogen-bond donors (Lipinski definition) is 4. The fraction of sp³-hybridized carbons (Fsp3) is 0.308. The van der Waals surface area contributed by atoms with Crippen molar-refractivity contribution in [2.24, 2.45) is 16.8 Å². The van der Waals surface area contributed by atoms with Gasteiger partial charge in [0.15, 0.2) is 5.65 Å². The summed E-state index contributed by atoms with van der Waals surface area (Å²) in [5, 5.41) is 8.47. The Labute approximate surface area is 219 Å².